The monoisotopic (exact) mass is 266 g/mol. The van der Waals surface area contributed by atoms with Crippen molar-refractivity contribution in [2.45, 2.75) is 31.3 Å². The highest BCUT2D eigenvalue weighted by Gasteiger charge is 2.19. The summed E-state index contributed by atoms with van der Waals surface area (Å²) in [5.74, 6) is 4.13. The molecule has 0 bridgehead atoms. The van der Waals surface area contributed by atoms with Gasteiger partial charge in [-0.25, -0.2) is 9.97 Å². The number of thioether (sulfide) groups is 1. The van der Waals surface area contributed by atoms with Gasteiger partial charge in [0.2, 0.25) is 0 Å². The summed E-state index contributed by atoms with van der Waals surface area (Å²) in [6.07, 6.45) is 2.05. The summed E-state index contributed by atoms with van der Waals surface area (Å²) < 4.78 is 0. The molecular weight excluding hydrogens is 244 g/mol. The average Bonchev–Trinajstić information content (AvgIpc) is 2.81. The van der Waals surface area contributed by atoms with Gasteiger partial charge in [0.1, 0.15) is 11.6 Å². The number of rotatable bonds is 6. The van der Waals surface area contributed by atoms with E-state index in [1.807, 2.05) is 11.8 Å². The first-order chi connectivity index (χ1) is 8.70. The number of anilines is 1. The first-order valence-electron chi connectivity index (χ1n) is 6.55. The van der Waals surface area contributed by atoms with Crippen molar-refractivity contribution >= 4 is 17.6 Å². The molecule has 4 nitrogen and oxygen atoms in total. The normalized spacial score (nSPS) is 14.0. The van der Waals surface area contributed by atoms with Crippen LogP contribution < -0.4 is 5.32 Å². The second-order valence-corrected chi connectivity index (χ2v) is 5.87. The van der Waals surface area contributed by atoms with Crippen LogP contribution in [0.1, 0.15) is 30.4 Å². The van der Waals surface area contributed by atoms with Crippen LogP contribution in [-0.4, -0.2) is 42.1 Å². The van der Waals surface area contributed by atoms with Crippen molar-refractivity contribution in [3.8, 4) is 0 Å². The molecule has 1 aromatic heterocycles. The Labute approximate surface area is 114 Å². The second-order valence-electron chi connectivity index (χ2n) is 4.89. The zero-order chi connectivity index (χ0) is 13.0. The van der Waals surface area contributed by atoms with Crippen molar-refractivity contribution in [3.05, 3.63) is 17.1 Å². The van der Waals surface area contributed by atoms with Crippen LogP contribution in [0.25, 0.3) is 0 Å². The van der Waals surface area contributed by atoms with E-state index in [2.05, 4.69) is 31.2 Å². The topological polar surface area (TPSA) is 41.1 Å². The molecule has 0 unspecified atom stereocenters. The molecule has 0 amide bonds. The van der Waals surface area contributed by atoms with Gasteiger partial charge < -0.3 is 10.2 Å². The van der Waals surface area contributed by atoms with E-state index in [0.29, 0.717) is 0 Å². The number of likely N-dealkylation sites (N-methyl/N-ethyl adjacent to an activating group) is 1. The molecule has 0 atom stereocenters. The minimum Gasteiger partial charge on any atom is -0.370 e. The molecule has 1 N–H and O–H groups in total. The van der Waals surface area contributed by atoms with E-state index in [0.717, 1.165) is 49.1 Å². The summed E-state index contributed by atoms with van der Waals surface area (Å²) >= 11 is 1.93. The van der Waals surface area contributed by atoms with Crippen LogP contribution in [0.3, 0.4) is 0 Å². The molecule has 0 radical (unpaired) electrons. The molecule has 5 heteroatoms. The molecule has 2 heterocycles. The molecular formula is C13H22N4S. The molecule has 1 aliphatic heterocycles. The van der Waals surface area contributed by atoms with Gasteiger partial charge in [-0.05, 0) is 20.5 Å². The molecule has 0 aliphatic carbocycles. The second kappa shape index (κ2) is 6.38. The van der Waals surface area contributed by atoms with Crippen LogP contribution in [0, 0.1) is 0 Å². The molecule has 0 saturated heterocycles. The average molecular weight is 266 g/mol. The third-order valence-electron chi connectivity index (χ3n) is 2.95. The minimum absolute atomic E-state index is 0.922. The number of nitrogens with one attached hydrogen (secondary N) is 1. The largest absolute Gasteiger partial charge is 0.370 e. The van der Waals surface area contributed by atoms with Gasteiger partial charge in [0, 0.05) is 36.6 Å². The predicted molar refractivity (Wildman–Crippen MR) is 78.1 cm³/mol. The van der Waals surface area contributed by atoms with Crippen molar-refractivity contribution in [2.75, 3.05) is 32.5 Å². The quantitative estimate of drug-likeness (QED) is 0.854. The number of hydrogen-bond acceptors (Lipinski definition) is 5. The SMILES string of the molecule is CCCNc1nc(CCN(C)C)nc2c1CSC2. The van der Waals surface area contributed by atoms with E-state index in [-0.39, 0.29) is 0 Å². The maximum absolute atomic E-state index is 4.70. The van der Waals surface area contributed by atoms with Crippen molar-refractivity contribution in [1.82, 2.24) is 14.9 Å². The zero-order valence-corrected chi connectivity index (χ0v) is 12.3. The number of aromatic nitrogens is 2. The van der Waals surface area contributed by atoms with E-state index >= 15 is 0 Å². The first-order valence-corrected chi connectivity index (χ1v) is 7.71. The van der Waals surface area contributed by atoms with Gasteiger partial charge in [0.25, 0.3) is 0 Å². The Morgan fingerprint density at radius 1 is 1.28 bits per heavy atom. The van der Waals surface area contributed by atoms with Gasteiger partial charge in [-0.2, -0.15) is 11.8 Å². The van der Waals surface area contributed by atoms with Crippen LogP contribution in [-0.2, 0) is 17.9 Å². The molecule has 2 rings (SSSR count). The van der Waals surface area contributed by atoms with Crippen LogP contribution in [0.2, 0.25) is 0 Å². The highest BCUT2D eigenvalue weighted by molar-refractivity contribution is 7.98. The highest BCUT2D eigenvalue weighted by atomic mass is 32.2. The molecule has 0 spiro atoms. The van der Waals surface area contributed by atoms with E-state index < -0.39 is 0 Å². The summed E-state index contributed by atoms with van der Waals surface area (Å²) in [6, 6.07) is 0. The number of fused-ring (bicyclic) bond motifs is 1. The Hall–Kier alpha value is -0.810. The number of hydrogen-bond donors (Lipinski definition) is 1. The Kier molecular flexibility index (Phi) is 4.83. The fraction of sp³-hybridized carbons (Fsp3) is 0.692. The Morgan fingerprint density at radius 2 is 2.11 bits per heavy atom. The van der Waals surface area contributed by atoms with Crippen molar-refractivity contribution in [2.24, 2.45) is 0 Å². The van der Waals surface area contributed by atoms with Crippen LogP contribution in [0.4, 0.5) is 5.82 Å². The fourth-order valence-corrected chi connectivity index (χ4v) is 2.97. The summed E-state index contributed by atoms with van der Waals surface area (Å²) in [5, 5.41) is 3.44. The lowest BCUT2D eigenvalue weighted by atomic mass is 10.2. The molecule has 1 aliphatic rings. The van der Waals surface area contributed by atoms with Crippen LogP contribution >= 0.6 is 11.8 Å². The van der Waals surface area contributed by atoms with Gasteiger partial charge in [-0.3, -0.25) is 0 Å². The molecule has 0 saturated carbocycles. The molecule has 100 valence electrons. The lowest BCUT2D eigenvalue weighted by Gasteiger charge is -2.13. The molecule has 0 aromatic carbocycles. The third-order valence-corrected chi connectivity index (χ3v) is 3.92. The maximum atomic E-state index is 4.70. The molecule has 0 fully saturated rings. The lowest BCUT2D eigenvalue weighted by molar-refractivity contribution is 0.409. The first kappa shape index (κ1) is 13.6. The van der Waals surface area contributed by atoms with Gasteiger partial charge >= 0.3 is 0 Å². The maximum Gasteiger partial charge on any atom is 0.134 e. The van der Waals surface area contributed by atoms with E-state index in [1.165, 1.54) is 11.3 Å². The predicted octanol–water partition coefficient (Wildman–Crippen LogP) is 2.15. The lowest BCUT2D eigenvalue weighted by Crippen LogP contribution is -2.17. The van der Waals surface area contributed by atoms with E-state index in [4.69, 9.17) is 9.97 Å². The standard InChI is InChI=1S/C13H22N4S/c1-4-6-14-13-10-8-18-9-11(10)15-12(16-13)5-7-17(2)3/h4-9H2,1-3H3,(H,14,15,16). The third kappa shape index (κ3) is 3.36. The van der Waals surface area contributed by atoms with E-state index in [9.17, 15) is 0 Å². The molecule has 1 aromatic rings. The smallest absolute Gasteiger partial charge is 0.134 e. The highest BCUT2D eigenvalue weighted by Crippen LogP contribution is 2.32. The van der Waals surface area contributed by atoms with Gasteiger partial charge in [0.05, 0.1) is 5.69 Å². The van der Waals surface area contributed by atoms with Crippen molar-refractivity contribution in [1.29, 1.82) is 0 Å². The summed E-state index contributed by atoms with van der Waals surface area (Å²) in [4.78, 5) is 11.6. The fourth-order valence-electron chi connectivity index (χ4n) is 1.93. The Morgan fingerprint density at radius 3 is 2.83 bits per heavy atom. The Bertz CT molecular complexity index is 406. The van der Waals surface area contributed by atoms with E-state index in [1.54, 1.807) is 0 Å². The van der Waals surface area contributed by atoms with Crippen LogP contribution in [0.15, 0.2) is 0 Å². The minimum atomic E-state index is 0.922. The summed E-state index contributed by atoms with van der Waals surface area (Å²) in [6.45, 7) is 4.16. The zero-order valence-electron chi connectivity index (χ0n) is 11.5. The van der Waals surface area contributed by atoms with Crippen molar-refractivity contribution in [3.63, 3.8) is 0 Å². The van der Waals surface area contributed by atoms with Crippen LogP contribution in [0.5, 0.6) is 0 Å². The van der Waals surface area contributed by atoms with Gasteiger partial charge in [-0.1, -0.05) is 6.92 Å². The number of nitrogens with zero attached hydrogens (tertiary/aromatic N) is 3. The Balaban J connectivity index is 2.16. The van der Waals surface area contributed by atoms with Gasteiger partial charge in [-0.15, -0.1) is 0 Å². The summed E-state index contributed by atoms with van der Waals surface area (Å²) in [5.41, 5.74) is 2.56. The van der Waals surface area contributed by atoms with Gasteiger partial charge in [0.15, 0.2) is 0 Å². The summed E-state index contributed by atoms with van der Waals surface area (Å²) in [7, 11) is 4.17. The molecule has 18 heavy (non-hydrogen) atoms. The van der Waals surface area contributed by atoms with Crippen molar-refractivity contribution < 1.29 is 0 Å².